The van der Waals surface area contributed by atoms with Crippen LogP contribution in [-0.2, 0) is 13.1 Å². The van der Waals surface area contributed by atoms with Gasteiger partial charge in [0, 0.05) is 50.3 Å². The lowest BCUT2D eigenvalue weighted by Crippen LogP contribution is -2.08. The van der Waals surface area contributed by atoms with E-state index >= 15 is 0 Å². The minimum atomic E-state index is 0.469. The molecule has 0 spiro atoms. The summed E-state index contributed by atoms with van der Waals surface area (Å²) in [6, 6.07) is 17.2. The third-order valence-electron chi connectivity index (χ3n) is 5.05. The number of pyridine rings is 3. The molecule has 0 radical (unpaired) electrons. The van der Waals surface area contributed by atoms with Crippen molar-refractivity contribution in [2.24, 2.45) is 0 Å². The van der Waals surface area contributed by atoms with Crippen molar-refractivity contribution in [2.75, 3.05) is 10.6 Å². The zero-order valence-electron chi connectivity index (χ0n) is 18.1. The molecule has 0 fully saturated rings. The van der Waals surface area contributed by atoms with Gasteiger partial charge in [-0.1, -0.05) is 0 Å². The third-order valence-corrected chi connectivity index (χ3v) is 5.05. The molecule has 0 bridgehead atoms. The van der Waals surface area contributed by atoms with Gasteiger partial charge in [0.15, 0.2) is 11.6 Å². The fourth-order valence-corrected chi connectivity index (χ4v) is 3.36. The summed E-state index contributed by atoms with van der Waals surface area (Å²) in [6.07, 6.45) is 10.6. The summed E-state index contributed by atoms with van der Waals surface area (Å²) in [5.74, 6) is 2.63. The monoisotopic (exact) mass is 448 g/mol. The van der Waals surface area contributed by atoms with E-state index in [1.165, 1.54) is 0 Å². The lowest BCUT2D eigenvalue weighted by Gasteiger charge is -2.12. The molecular formula is C24H20N10. The van der Waals surface area contributed by atoms with Crippen molar-refractivity contribution in [1.29, 1.82) is 5.26 Å². The quantitative estimate of drug-likeness (QED) is 0.371. The number of anilines is 2. The molecule has 5 aromatic heterocycles. The van der Waals surface area contributed by atoms with Gasteiger partial charge in [0.05, 0.1) is 5.56 Å². The highest BCUT2D eigenvalue weighted by atomic mass is 15.3. The van der Waals surface area contributed by atoms with Gasteiger partial charge < -0.3 is 10.6 Å². The second kappa shape index (κ2) is 9.62. The largest absolute Gasteiger partial charge is 0.366 e. The second-order valence-corrected chi connectivity index (χ2v) is 7.36. The van der Waals surface area contributed by atoms with Crippen molar-refractivity contribution in [2.45, 2.75) is 13.1 Å². The number of hydrogen-bond donors (Lipinski definition) is 2. The lowest BCUT2D eigenvalue weighted by molar-refractivity contribution is 0.842. The van der Waals surface area contributed by atoms with Crippen molar-refractivity contribution >= 4 is 11.6 Å². The second-order valence-electron chi connectivity index (χ2n) is 7.36. The molecule has 5 rings (SSSR count). The van der Waals surface area contributed by atoms with E-state index in [4.69, 9.17) is 0 Å². The van der Waals surface area contributed by atoms with Crippen molar-refractivity contribution in [3.8, 4) is 17.7 Å². The first-order valence-corrected chi connectivity index (χ1v) is 10.6. The van der Waals surface area contributed by atoms with Gasteiger partial charge in [-0.3, -0.25) is 0 Å². The first-order chi connectivity index (χ1) is 16.8. The molecule has 0 aliphatic heterocycles. The highest BCUT2D eigenvalue weighted by Gasteiger charge is 2.08. The van der Waals surface area contributed by atoms with Crippen LogP contribution in [0.25, 0.3) is 11.6 Å². The molecule has 0 aliphatic rings. The van der Waals surface area contributed by atoms with Gasteiger partial charge in [-0.2, -0.15) is 15.5 Å². The van der Waals surface area contributed by atoms with E-state index in [-0.39, 0.29) is 0 Å². The van der Waals surface area contributed by atoms with E-state index in [0.717, 1.165) is 22.8 Å². The molecule has 0 unspecified atom stereocenters. The molecule has 0 amide bonds. The predicted molar refractivity (Wildman–Crippen MR) is 126 cm³/mol. The number of rotatable bonds is 8. The summed E-state index contributed by atoms with van der Waals surface area (Å²) in [6.45, 7) is 1.03. The molecule has 0 saturated heterocycles. The zero-order valence-corrected chi connectivity index (χ0v) is 18.1. The van der Waals surface area contributed by atoms with E-state index in [2.05, 4.69) is 41.9 Å². The van der Waals surface area contributed by atoms with E-state index in [1.54, 1.807) is 46.3 Å². The van der Waals surface area contributed by atoms with E-state index in [9.17, 15) is 5.26 Å². The van der Waals surface area contributed by atoms with Crippen molar-refractivity contribution in [1.82, 2.24) is 34.5 Å². The van der Waals surface area contributed by atoms with Gasteiger partial charge in [0.1, 0.15) is 17.7 Å². The van der Waals surface area contributed by atoms with Crippen LogP contribution in [0.2, 0.25) is 0 Å². The van der Waals surface area contributed by atoms with Gasteiger partial charge in [-0.15, -0.1) is 0 Å². The number of hydrogen-bond acceptors (Lipinski definition) is 8. The lowest BCUT2D eigenvalue weighted by atomic mass is 10.2. The van der Waals surface area contributed by atoms with E-state index in [1.807, 2.05) is 48.8 Å². The standard InChI is InChI=1S/C24H20N10/c25-15-20-3-4-21(28-16-18-5-9-26-22(13-18)33-11-1-7-30-33)32-24(20)29-17-19-6-10-27-23(14-19)34-12-2-8-31-34/h1-14H,16-17H2,(H2,28,29,32). The molecule has 10 heteroatoms. The van der Waals surface area contributed by atoms with E-state index < -0.39 is 0 Å². The molecule has 166 valence electrons. The first kappa shape index (κ1) is 20.8. The molecule has 5 aromatic rings. The van der Waals surface area contributed by atoms with Crippen LogP contribution in [-0.4, -0.2) is 34.5 Å². The molecule has 0 saturated carbocycles. The minimum absolute atomic E-state index is 0.469. The molecule has 2 N–H and O–H groups in total. The average Bonchev–Trinajstić information content (AvgIpc) is 3.62. The summed E-state index contributed by atoms with van der Waals surface area (Å²) < 4.78 is 3.41. The Labute approximate surface area is 195 Å². The van der Waals surface area contributed by atoms with Crippen LogP contribution in [0, 0.1) is 11.3 Å². The topological polar surface area (TPSA) is 122 Å². The maximum absolute atomic E-state index is 9.52. The maximum atomic E-state index is 9.52. The maximum Gasteiger partial charge on any atom is 0.153 e. The minimum Gasteiger partial charge on any atom is -0.366 e. The molecule has 0 aliphatic carbocycles. The van der Waals surface area contributed by atoms with Crippen LogP contribution in [0.15, 0.2) is 85.7 Å². The van der Waals surface area contributed by atoms with Crippen LogP contribution >= 0.6 is 0 Å². The summed E-state index contributed by atoms with van der Waals surface area (Å²) in [7, 11) is 0. The van der Waals surface area contributed by atoms with Gasteiger partial charge in [0.25, 0.3) is 0 Å². The molecule has 0 atom stereocenters. The van der Waals surface area contributed by atoms with Crippen LogP contribution in [0.1, 0.15) is 16.7 Å². The van der Waals surface area contributed by atoms with Crippen LogP contribution in [0.3, 0.4) is 0 Å². The van der Waals surface area contributed by atoms with Gasteiger partial charge in [-0.05, 0) is 59.7 Å². The summed E-state index contributed by atoms with van der Waals surface area (Å²) in [4.78, 5) is 13.3. The number of nitrogens with zero attached hydrogens (tertiary/aromatic N) is 8. The highest BCUT2D eigenvalue weighted by Crippen LogP contribution is 2.18. The average molecular weight is 448 g/mol. The molecular weight excluding hydrogens is 428 g/mol. The predicted octanol–water partition coefficient (Wildman–Crippen LogP) is 3.34. The number of aromatic nitrogens is 7. The fourth-order valence-electron chi connectivity index (χ4n) is 3.36. The Hall–Kier alpha value is -5.04. The molecule has 10 nitrogen and oxygen atoms in total. The Bertz CT molecular complexity index is 1420. The fraction of sp³-hybridized carbons (Fsp3) is 0.0833. The Balaban J connectivity index is 1.27. The summed E-state index contributed by atoms with van der Waals surface area (Å²) in [5.41, 5.74) is 2.49. The van der Waals surface area contributed by atoms with Crippen molar-refractivity contribution in [3.05, 3.63) is 102 Å². The van der Waals surface area contributed by atoms with Crippen LogP contribution in [0.4, 0.5) is 11.6 Å². The van der Waals surface area contributed by atoms with Crippen LogP contribution < -0.4 is 10.6 Å². The van der Waals surface area contributed by atoms with Crippen molar-refractivity contribution in [3.63, 3.8) is 0 Å². The normalized spacial score (nSPS) is 10.6. The Morgan fingerprint density at radius 3 is 1.94 bits per heavy atom. The number of nitrogens with one attached hydrogen (secondary N) is 2. The number of nitriles is 1. The van der Waals surface area contributed by atoms with Gasteiger partial charge in [-0.25, -0.2) is 24.3 Å². The molecule has 0 aromatic carbocycles. The SMILES string of the molecule is N#Cc1ccc(NCc2ccnc(-n3cccn3)c2)nc1NCc1ccnc(-n2cccn2)c1. The van der Waals surface area contributed by atoms with Gasteiger partial charge >= 0.3 is 0 Å². The van der Waals surface area contributed by atoms with Gasteiger partial charge in [0.2, 0.25) is 0 Å². The third kappa shape index (κ3) is 4.73. The smallest absolute Gasteiger partial charge is 0.153 e. The van der Waals surface area contributed by atoms with Crippen LogP contribution in [0.5, 0.6) is 0 Å². The molecule has 5 heterocycles. The van der Waals surface area contributed by atoms with Crippen molar-refractivity contribution < 1.29 is 0 Å². The Kier molecular flexibility index (Phi) is 5.90. The summed E-state index contributed by atoms with van der Waals surface area (Å²) >= 11 is 0. The Morgan fingerprint density at radius 2 is 1.38 bits per heavy atom. The summed E-state index contributed by atoms with van der Waals surface area (Å²) in [5, 5.41) is 24.5. The highest BCUT2D eigenvalue weighted by molar-refractivity contribution is 5.57. The van der Waals surface area contributed by atoms with E-state index in [0.29, 0.717) is 30.3 Å². The zero-order chi connectivity index (χ0) is 23.2. The first-order valence-electron chi connectivity index (χ1n) is 10.6. The Morgan fingerprint density at radius 1 is 0.765 bits per heavy atom. The molecule has 34 heavy (non-hydrogen) atoms.